The maximum Gasteiger partial charge on any atom is 1.00 e. The summed E-state index contributed by atoms with van der Waals surface area (Å²) in [4.78, 5) is 11.3. The SMILES string of the molecule is COCc1ccc2nccc([S-])c2c1.N#CCCc1ccc2[nH]ccc(=S)c2c1.N#CCOc1ccc2[nH]ccc(=S)c2c1.[Na+]. The Morgan fingerprint density at radius 2 is 1.44 bits per heavy atom. The summed E-state index contributed by atoms with van der Waals surface area (Å²) in [5.41, 5.74) is 5.24. The van der Waals surface area contributed by atoms with Gasteiger partial charge in [0.25, 0.3) is 0 Å². The van der Waals surface area contributed by atoms with Crippen molar-refractivity contribution in [2.75, 3.05) is 13.7 Å². The Morgan fingerprint density at radius 1 is 0.800 bits per heavy atom. The third-order valence-electron chi connectivity index (χ3n) is 6.46. The molecule has 3 aromatic heterocycles. The molecule has 7 nitrogen and oxygen atoms in total. The minimum absolute atomic E-state index is 0. The predicted molar refractivity (Wildman–Crippen MR) is 181 cm³/mol. The molecule has 0 amide bonds. The largest absolute Gasteiger partial charge is 1.00 e. The van der Waals surface area contributed by atoms with Crippen LogP contribution in [0.3, 0.4) is 0 Å². The molecule has 0 aliphatic rings. The van der Waals surface area contributed by atoms with E-state index in [1.165, 1.54) is 0 Å². The molecule has 0 aliphatic carbocycles. The Labute approximate surface area is 299 Å². The molecule has 0 fully saturated rings. The maximum absolute atomic E-state index is 8.52. The second-order valence-corrected chi connectivity index (χ2v) is 10.8. The van der Waals surface area contributed by atoms with E-state index in [0.717, 1.165) is 64.2 Å². The van der Waals surface area contributed by atoms with Crippen LogP contribution < -0.4 is 34.3 Å². The number of aryl methyl sites for hydroxylation is 1. The van der Waals surface area contributed by atoms with Crippen LogP contribution in [0.4, 0.5) is 0 Å². The topological polar surface area (TPSA) is 111 Å². The van der Waals surface area contributed by atoms with Crippen LogP contribution >= 0.6 is 24.4 Å². The van der Waals surface area contributed by atoms with E-state index in [9.17, 15) is 0 Å². The molecule has 6 aromatic rings. The fourth-order valence-electron chi connectivity index (χ4n) is 4.35. The van der Waals surface area contributed by atoms with Crippen LogP contribution in [-0.4, -0.2) is 28.7 Å². The van der Waals surface area contributed by atoms with E-state index in [1.807, 2.05) is 79.0 Å². The van der Waals surface area contributed by atoms with Crippen LogP contribution in [0.15, 0.2) is 96.3 Å². The van der Waals surface area contributed by atoms with Crippen molar-refractivity contribution in [1.82, 2.24) is 15.0 Å². The monoisotopic (exact) mass is 657 g/mol. The normalized spacial score (nSPS) is 9.93. The van der Waals surface area contributed by atoms with Gasteiger partial charge in [0.1, 0.15) is 11.8 Å². The summed E-state index contributed by atoms with van der Waals surface area (Å²) >= 11 is 15.6. The summed E-state index contributed by atoms with van der Waals surface area (Å²) in [6, 6.07) is 27.3. The first-order valence-corrected chi connectivity index (χ1v) is 14.8. The summed E-state index contributed by atoms with van der Waals surface area (Å²) in [5, 5.41) is 19.9. The van der Waals surface area contributed by atoms with Crippen LogP contribution in [-0.2, 0) is 30.4 Å². The predicted octanol–water partition coefficient (Wildman–Crippen LogP) is 5.44. The van der Waals surface area contributed by atoms with E-state index in [2.05, 4.69) is 27.1 Å². The van der Waals surface area contributed by atoms with Gasteiger partial charge in [-0.05, 0) is 77.5 Å². The van der Waals surface area contributed by atoms with E-state index in [1.54, 1.807) is 19.5 Å². The molecule has 11 heteroatoms. The number of hydrogen-bond acceptors (Lipinski definition) is 8. The fourth-order valence-corrected chi connectivity index (χ4v) is 5.05. The van der Waals surface area contributed by atoms with Crippen LogP contribution in [0.2, 0.25) is 0 Å². The van der Waals surface area contributed by atoms with E-state index < -0.39 is 0 Å². The Hall–Kier alpha value is -3.71. The number of aromatic nitrogens is 3. The van der Waals surface area contributed by atoms with Crippen molar-refractivity contribution in [2.45, 2.75) is 24.3 Å². The summed E-state index contributed by atoms with van der Waals surface area (Å²) in [7, 11) is 1.68. The smallest absolute Gasteiger partial charge is 0.779 e. The molecule has 2 N–H and O–H groups in total. The van der Waals surface area contributed by atoms with E-state index in [4.69, 9.17) is 57.1 Å². The average Bonchev–Trinajstić information content (AvgIpc) is 3.04. The first-order chi connectivity index (χ1) is 21.4. The standard InChI is InChI=1S/C12H10N2S.C11H8N2OS.C11H11NOS.Na/c13-6-1-2-9-3-4-11-10(8-9)12(15)5-7-14-11;12-4-6-14-8-1-2-10-9(7-8)11(15)3-5-13-10;1-13-7-8-2-3-10-9(6-8)11(14)4-5-12-10;/h3-5,7-8H,1-2H2,(H,14,15);1-3,5,7H,6H2,(H,13,15);2-6H,7H2,1H3,(H,12,14);/q;;;+1/p-1. The molecule has 3 heterocycles. The fraction of sp³-hybridized carbons (Fsp3) is 0.147. The van der Waals surface area contributed by atoms with Crippen molar-refractivity contribution < 1.29 is 39.0 Å². The van der Waals surface area contributed by atoms with Gasteiger partial charge in [-0.25, -0.2) is 0 Å². The molecule has 0 bridgehead atoms. The number of methoxy groups -OCH3 is 1. The quantitative estimate of drug-likeness (QED) is 0.138. The third-order valence-corrected chi connectivity index (χ3v) is 7.53. The summed E-state index contributed by atoms with van der Waals surface area (Å²) in [5.74, 6) is 0.662. The number of hydrogen-bond donors (Lipinski definition) is 2. The van der Waals surface area contributed by atoms with E-state index >= 15 is 0 Å². The first kappa shape index (κ1) is 35.8. The van der Waals surface area contributed by atoms with Crippen LogP contribution in [0.5, 0.6) is 5.75 Å². The first-order valence-electron chi connectivity index (χ1n) is 13.6. The molecule has 3 aromatic carbocycles. The summed E-state index contributed by atoms with van der Waals surface area (Å²) in [6.45, 7) is 0.661. The second-order valence-electron chi connectivity index (χ2n) is 9.47. The Bertz CT molecular complexity index is 1990. The maximum atomic E-state index is 8.52. The molecule has 6 rings (SSSR count). The van der Waals surface area contributed by atoms with Crippen molar-refractivity contribution in [2.24, 2.45) is 0 Å². The Morgan fingerprint density at radius 3 is 2.11 bits per heavy atom. The minimum Gasteiger partial charge on any atom is -0.779 e. The molecule has 0 atom stereocenters. The molecule has 0 unspecified atom stereocenters. The minimum atomic E-state index is 0. The number of ether oxygens (including phenoxy) is 2. The number of nitriles is 2. The Balaban J connectivity index is 0.000000182. The third kappa shape index (κ3) is 10.1. The van der Waals surface area contributed by atoms with Crippen LogP contribution in [0.1, 0.15) is 17.5 Å². The van der Waals surface area contributed by atoms with Crippen LogP contribution in [0, 0.1) is 31.7 Å². The van der Waals surface area contributed by atoms with Crippen molar-refractivity contribution >= 4 is 69.8 Å². The number of aromatic amines is 2. The van der Waals surface area contributed by atoms with Crippen molar-refractivity contribution in [3.63, 3.8) is 0 Å². The number of nitrogens with one attached hydrogen (secondary N) is 2. The van der Waals surface area contributed by atoms with Crippen molar-refractivity contribution in [1.29, 1.82) is 10.5 Å². The number of benzene rings is 3. The molecular weight excluding hydrogens is 630 g/mol. The molecule has 0 saturated heterocycles. The number of fused-ring (bicyclic) bond motifs is 3. The van der Waals surface area contributed by atoms with Gasteiger partial charge in [0, 0.05) is 62.9 Å². The summed E-state index contributed by atoms with van der Waals surface area (Å²) < 4.78 is 11.9. The number of H-pyrrole nitrogens is 2. The van der Waals surface area contributed by atoms with E-state index in [0.29, 0.717) is 18.8 Å². The van der Waals surface area contributed by atoms with Crippen molar-refractivity contribution in [3.05, 3.63) is 112 Å². The van der Waals surface area contributed by atoms with Gasteiger partial charge in [-0.15, -0.1) is 0 Å². The molecule has 0 spiro atoms. The molecule has 0 radical (unpaired) electrons. The zero-order valence-electron chi connectivity index (χ0n) is 24.9. The zero-order chi connectivity index (χ0) is 31.3. The second kappa shape index (κ2) is 18.3. The molecule has 220 valence electrons. The van der Waals surface area contributed by atoms with Gasteiger partial charge >= 0.3 is 29.6 Å². The molecule has 45 heavy (non-hydrogen) atoms. The van der Waals surface area contributed by atoms with Gasteiger partial charge in [-0.3, -0.25) is 4.98 Å². The molecular formula is C34H28N5NaO2S3. The van der Waals surface area contributed by atoms with Gasteiger partial charge in [0.2, 0.25) is 0 Å². The van der Waals surface area contributed by atoms with Crippen LogP contribution in [0.25, 0.3) is 32.7 Å². The van der Waals surface area contributed by atoms with E-state index in [-0.39, 0.29) is 36.2 Å². The van der Waals surface area contributed by atoms with Gasteiger partial charge in [-0.1, -0.05) is 42.6 Å². The average molecular weight is 658 g/mol. The van der Waals surface area contributed by atoms with Gasteiger partial charge in [0.15, 0.2) is 6.61 Å². The number of nitrogens with zero attached hydrogens (tertiary/aromatic N) is 3. The van der Waals surface area contributed by atoms with Gasteiger partial charge < -0.3 is 32.1 Å². The van der Waals surface area contributed by atoms with Gasteiger partial charge in [-0.2, -0.15) is 15.4 Å². The number of pyridine rings is 3. The van der Waals surface area contributed by atoms with Gasteiger partial charge in [0.05, 0.1) is 18.2 Å². The Kier molecular flexibility index (Phi) is 14.5. The number of rotatable bonds is 6. The summed E-state index contributed by atoms with van der Waals surface area (Å²) in [6.07, 6.45) is 6.73. The molecule has 0 aliphatic heterocycles. The van der Waals surface area contributed by atoms with Crippen molar-refractivity contribution in [3.8, 4) is 17.9 Å². The molecule has 0 saturated carbocycles. The zero-order valence-corrected chi connectivity index (χ0v) is 29.3.